The van der Waals surface area contributed by atoms with Crippen LogP contribution in [-0.2, 0) is 11.3 Å². The van der Waals surface area contributed by atoms with E-state index in [0.29, 0.717) is 5.56 Å². The van der Waals surface area contributed by atoms with Gasteiger partial charge in [0.05, 0.1) is 11.6 Å². The van der Waals surface area contributed by atoms with Crippen LogP contribution in [0.3, 0.4) is 0 Å². The lowest BCUT2D eigenvalue weighted by Crippen LogP contribution is -2.47. The molecule has 0 saturated carbocycles. The predicted molar refractivity (Wildman–Crippen MR) is 68.7 cm³/mol. The minimum absolute atomic E-state index is 0.160. The lowest BCUT2D eigenvalue weighted by Gasteiger charge is -2.34. The van der Waals surface area contributed by atoms with Gasteiger partial charge in [-0.2, -0.15) is 5.26 Å². The van der Waals surface area contributed by atoms with Crippen molar-refractivity contribution in [2.75, 3.05) is 26.2 Å². The van der Waals surface area contributed by atoms with Gasteiger partial charge < -0.3 is 4.90 Å². The highest BCUT2D eigenvalue weighted by atomic mass is 16.2. The van der Waals surface area contributed by atoms with E-state index in [2.05, 4.69) is 11.0 Å². The number of carbonyl (C=O) groups excluding carboxylic acids is 1. The third-order valence-electron chi connectivity index (χ3n) is 3.31. The number of nitriles is 1. The van der Waals surface area contributed by atoms with Gasteiger partial charge in [0.1, 0.15) is 0 Å². The molecule has 1 amide bonds. The van der Waals surface area contributed by atoms with Gasteiger partial charge in [-0.1, -0.05) is 12.1 Å². The molecule has 1 saturated heterocycles. The molecule has 2 rings (SSSR count). The topological polar surface area (TPSA) is 47.3 Å². The monoisotopic (exact) mass is 243 g/mol. The van der Waals surface area contributed by atoms with E-state index >= 15 is 0 Å². The summed E-state index contributed by atoms with van der Waals surface area (Å²) in [5, 5.41) is 8.73. The molecule has 18 heavy (non-hydrogen) atoms. The molecule has 0 aromatic heterocycles. The van der Waals surface area contributed by atoms with Crippen LogP contribution in [0.2, 0.25) is 0 Å². The van der Waals surface area contributed by atoms with Crippen LogP contribution < -0.4 is 0 Å². The number of nitrogens with zero attached hydrogens (tertiary/aromatic N) is 3. The smallest absolute Gasteiger partial charge is 0.219 e. The van der Waals surface area contributed by atoms with Crippen LogP contribution in [0.4, 0.5) is 0 Å². The van der Waals surface area contributed by atoms with Crippen molar-refractivity contribution in [3.8, 4) is 6.07 Å². The SMILES string of the molecule is CC(=O)N1CCN(Cc2ccc(C#N)cc2)CC1. The highest BCUT2D eigenvalue weighted by Gasteiger charge is 2.18. The van der Waals surface area contributed by atoms with Crippen LogP contribution in [0.25, 0.3) is 0 Å². The van der Waals surface area contributed by atoms with Gasteiger partial charge in [-0.05, 0) is 17.7 Å². The Balaban J connectivity index is 1.87. The zero-order chi connectivity index (χ0) is 13.0. The minimum Gasteiger partial charge on any atom is -0.340 e. The second-order valence-corrected chi connectivity index (χ2v) is 4.59. The van der Waals surface area contributed by atoms with Crippen molar-refractivity contribution in [2.24, 2.45) is 0 Å². The molecule has 1 heterocycles. The Labute approximate surface area is 107 Å². The molecule has 4 heteroatoms. The Morgan fingerprint density at radius 3 is 2.33 bits per heavy atom. The molecule has 0 unspecified atom stereocenters. The van der Waals surface area contributed by atoms with E-state index in [-0.39, 0.29) is 5.91 Å². The van der Waals surface area contributed by atoms with Gasteiger partial charge in [0.2, 0.25) is 5.91 Å². The summed E-state index contributed by atoms with van der Waals surface area (Å²) >= 11 is 0. The summed E-state index contributed by atoms with van der Waals surface area (Å²) in [5.74, 6) is 0.160. The largest absolute Gasteiger partial charge is 0.340 e. The zero-order valence-electron chi connectivity index (χ0n) is 10.6. The molecule has 0 N–H and O–H groups in total. The number of piperazine rings is 1. The fourth-order valence-corrected chi connectivity index (χ4v) is 2.16. The van der Waals surface area contributed by atoms with Crippen molar-refractivity contribution in [3.05, 3.63) is 35.4 Å². The van der Waals surface area contributed by atoms with Gasteiger partial charge in [0, 0.05) is 39.6 Å². The van der Waals surface area contributed by atoms with E-state index in [1.54, 1.807) is 6.92 Å². The number of benzene rings is 1. The summed E-state index contributed by atoms with van der Waals surface area (Å²) in [4.78, 5) is 15.4. The molecule has 0 aliphatic carbocycles. The van der Waals surface area contributed by atoms with Crippen molar-refractivity contribution in [3.63, 3.8) is 0 Å². The first-order chi connectivity index (χ1) is 8.69. The summed E-state index contributed by atoms with van der Waals surface area (Å²) in [6.07, 6.45) is 0. The average molecular weight is 243 g/mol. The second-order valence-electron chi connectivity index (χ2n) is 4.59. The molecule has 1 aliphatic rings. The number of hydrogen-bond acceptors (Lipinski definition) is 3. The van der Waals surface area contributed by atoms with E-state index in [1.165, 1.54) is 5.56 Å². The average Bonchev–Trinajstić information content (AvgIpc) is 2.40. The molecule has 94 valence electrons. The van der Waals surface area contributed by atoms with Gasteiger partial charge >= 0.3 is 0 Å². The molecule has 1 aromatic rings. The lowest BCUT2D eigenvalue weighted by molar-refractivity contribution is -0.130. The number of amides is 1. The first-order valence-electron chi connectivity index (χ1n) is 6.16. The van der Waals surface area contributed by atoms with E-state index < -0.39 is 0 Å². The van der Waals surface area contributed by atoms with Crippen LogP contribution in [0, 0.1) is 11.3 Å². The summed E-state index contributed by atoms with van der Waals surface area (Å²) in [5.41, 5.74) is 1.91. The Hall–Kier alpha value is -1.86. The summed E-state index contributed by atoms with van der Waals surface area (Å²) in [6.45, 7) is 5.96. The number of carbonyl (C=O) groups is 1. The van der Waals surface area contributed by atoms with Crippen molar-refractivity contribution >= 4 is 5.91 Å². The number of rotatable bonds is 2. The van der Waals surface area contributed by atoms with E-state index in [4.69, 9.17) is 5.26 Å². The minimum atomic E-state index is 0.160. The maximum atomic E-state index is 11.2. The van der Waals surface area contributed by atoms with Gasteiger partial charge in [0.15, 0.2) is 0 Å². The predicted octanol–water partition coefficient (Wildman–Crippen LogP) is 1.22. The zero-order valence-corrected chi connectivity index (χ0v) is 10.6. The van der Waals surface area contributed by atoms with Gasteiger partial charge in [-0.3, -0.25) is 9.69 Å². The summed E-state index contributed by atoms with van der Waals surface area (Å²) in [7, 11) is 0. The van der Waals surface area contributed by atoms with Crippen molar-refractivity contribution in [1.29, 1.82) is 5.26 Å². The van der Waals surface area contributed by atoms with Gasteiger partial charge in [-0.15, -0.1) is 0 Å². The van der Waals surface area contributed by atoms with Gasteiger partial charge in [-0.25, -0.2) is 0 Å². The maximum absolute atomic E-state index is 11.2. The summed E-state index contributed by atoms with van der Waals surface area (Å²) < 4.78 is 0. The lowest BCUT2D eigenvalue weighted by atomic mass is 10.1. The third-order valence-corrected chi connectivity index (χ3v) is 3.31. The highest BCUT2D eigenvalue weighted by molar-refractivity contribution is 5.73. The fraction of sp³-hybridized carbons (Fsp3) is 0.429. The molecule has 0 bridgehead atoms. The second kappa shape index (κ2) is 5.65. The molecule has 1 fully saturated rings. The summed E-state index contributed by atoms with van der Waals surface area (Å²) in [6, 6.07) is 9.81. The molecule has 1 aliphatic heterocycles. The Kier molecular flexibility index (Phi) is 3.96. The Morgan fingerprint density at radius 2 is 1.83 bits per heavy atom. The number of hydrogen-bond donors (Lipinski definition) is 0. The van der Waals surface area contributed by atoms with E-state index in [9.17, 15) is 4.79 Å². The van der Waals surface area contributed by atoms with Crippen molar-refractivity contribution in [2.45, 2.75) is 13.5 Å². The van der Waals surface area contributed by atoms with Crippen LogP contribution in [-0.4, -0.2) is 41.9 Å². The maximum Gasteiger partial charge on any atom is 0.219 e. The van der Waals surface area contributed by atoms with Crippen LogP contribution in [0.1, 0.15) is 18.1 Å². The molecule has 0 spiro atoms. The normalized spacial score (nSPS) is 16.3. The van der Waals surface area contributed by atoms with Crippen molar-refractivity contribution < 1.29 is 4.79 Å². The molecule has 0 radical (unpaired) electrons. The van der Waals surface area contributed by atoms with Crippen LogP contribution >= 0.6 is 0 Å². The van der Waals surface area contributed by atoms with Crippen molar-refractivity contribution in [1.82, 2.24) is 9.80 Å². The standard InChI is InChI=1S/C14H17N3O/c1-12(18)17-8-6-16(7-9-17)11-14-4-2-13(10-15)3-5-14/h2-5H,6-9,11H2,1H3. The molecule has 1 aromatic carbocycles. The van der Waals surface area contributed by atoms with Crippen LogP contribution in [0.5, 0.6) is 0 Å². The molecular weight excluding hydrogens is 226 g/mol. The first kappa shape index (κ1) is 12.6. The van der Waals surface area contributed by atoms with Gasteiger partial charge in [0.25, 0.3) is 0 Å². The third kappa shape index (κ3) is 3.08. The van der Waals surface area contributed by atoms with E-state index in [1.807, 2.05) is 29.2 Å². The Bertz CT molecular complexity index is 453. The molecular formula is C14H17N3O. The Morgan fingerprint density at radius 1 is 1.22 bits per heavy atom. The fourth-order valence-electron chi connectivity index (χ4n) is 2.16. The quantitative estimate of drug-likeness (QED) is 0.784. The molecule has 0 atom stereocenters. The first-order valence-corrected chi connectivity index (χ1v) is 6.16. The van der Waals surface area contributed by atoms with Crippen LogP contribution in [0.15, 0.2) is 24.3 Å². The highest BCUT2D eigenvalue weighted by Crippen LogP contribution is 2.09. The van der Waals surface area contributed by atoms with E-state index in [0.717, 1.165) is 32.7 Å². The molecule has 4 nitrogen and oxygen atoms in total.